The van der Waals surface area contributed by atoms with Gasteiger partial charge in [0, 0.05) is 28.4 Å². The summed E-state index contributed by atoms with van der Waals surface area (Å²) in [5.41, 5.74) is 2.46. The van der Waals surface area contributed by atoms with Gasteiger partial charge in [-0.25, -0.2) is 0 Å². The predicted molar refractivity (Wildman–Crippen MR) is 123 cm³/mol. The molecule has 0 saturated carbocycles. The monoisotopic (exact) mass is 451 g/mol. The van der Waals surface area contributed by atoms with Crippen molar-refractivity contribution >= 4 is 17.3 Å². The van der Waals surface area contributed by atoms with Crippen LogP contribution in [0.5, 0.6) is 17.2 Å². The van der Waals surface area contributed by atoms with Gasteiger partial charge in [0.05, 0.1) is 21.3 Å². The second kappa shape index (κ2) is 9.62. The van der Waals surface area contributed by atoms with Crippen LogP contribution in [0, 0.1) is 0 Å². The van der Waals surface area contributed by atoms with Crippen LogP contribution in [0.4, 0.5) is 5.69 Å². The highest BCUT2D eigenvalue weighted by molar-refractivity contribution is 6.30. The molecule has 0 bridgehead atoms. The average molecular weight is 452 g/mol. The number of benzene rings is 3. The number of aromatic nitrogens is 2. The van der Waals surface area contributed by atoms with Crippen LogP contribution in [0.15, 0.2) is 71.1 Å². The molecular weight excluding hydrogens is 430 g/mol. The molecule has 1 unspecified atom stereocenters. The van der Waals surface area contributed by atoms with Crippen LogP contribution in [0.25, 0.3) is 11.5 Å². The van der Waals surface area contributed by atoms with Gasteiger partial charge in [0.2, 0.25) is 17.5 Å². The molecule has 4 aromatic rings. The lowest BCUT2D eigenvalue weighted by molar-refractivity contribution is 0.324. The van der Waals surface area contributed by atoms with Crippen LogP contribution in [0.3, 0.4) is 0 Å². The minimum absolute atomic E-state index is 0.403. The Kier molecular flexibility index (Phi) is 6.47. The van der Waals surface area contributed by atoms with E-state index in [0.717, 1.165) is 16.8 Å². The van der Waals surface area contributed by atoms with Crippen LogP contribution < -0.4 is 19.5 Å². The van der Waals surface area contributed by atoms with Gasteiger partial charge in [0.25, 0.3) is 0 Å². The average Bonchev–Trinajstić information content (AvgIpc) is 3.33. The highest BCUT2D eigenvalue weighted by Crippen LogP contribution is 2.41. The molecule has 0 aliphatic rings. The first kappa shape index (κ1) is 21.5. The number of methoxy groups -OCH3 is 3. The van der Waals surface area contributed by atoms with E-state index in [2.05, 4.69) is 15.5 Å². The smallest absolute Gasteiger partial charge is 0.247 e. The summed E-state index contributed by atoms with van der Waals surface area (Å²) in [6.07, 6.45) is 0. The van der Waals surface area contributed by atoms with Crippen LogP contribution in [0.1, 0.15) is 17.5 Å². The van der Waals surface area contributed by atoms with Crippen molar-refractivity contribution in [2.75, 3.05) is 26.6 Å². The molecule has 7 nitrogen and oxygen atoms in total. The summed E-state index contributed by atoms with van der Waals surface area (Å²) >= 11 is 6.10. The van der Waals surface area contributed by atoms with Crippen LogP contribution in [0.2, 0.25) is 5.02 Å². The van der Waals surface area contributed by atoms with Gasteiger partial charge in [-0.2, -0.15) is 0 Å². The van der Waals surface area contributed by atoms with Crippen molar-refractivity contribution in [1.82, 2.24) is 10.2 Å². The second-order valence-electron chi connectivity index (χ2n) is 6.85. The molecular formula is C24H22ClN3O4. The van der Waals surface area contributed by atoms with E-state index in [1.807, 2.05) is 66.7 Å². The summed E-state index contributed by atoms with van der Waals surface area (Å²) in [6.45, 7) is 0. The second-order valence-corrected chi connectivity index (χ2v) is 7.29. The van der Waals surface area contributed by atoms with E-state index in [1.54, 1.807) is 21.3 Å². The van der Waals surface area contributed by atoms with Crippen molar-refractivity contribution < 1.29 is 18.6 Å². The van der Waals surface area contributed by atoms with Crippen molar-refractivity contribution in [3.8, 4) is 28.7 Å². The normalized spacial score (nSPS) is 11.6. The molecule has 164 valence electrons. The summed E-state index contributed by atoms with van der Waals surface area (Å²) in [5, 5.41) is 12.6. The number of nitrogens with one attached hydrogen (secondary N) is 1. The summed E-state index contributed by atoms with van der Waals surface area (Å²) in [7, 11) is 4.71. The number of anilines is 1. The van der Waals surface area contributed by atoms with Gasteiger partial charge in [-0.3, -0.25) is 0 Å². The number of hydrogen-bond acceptors (Lipinski definition) is 7. The SMILES string of the molecule is COc1cc(NC(c2ccc(Cl)cc2)c2nnc(-c3ccccc3)o2)cc(OC)c1OC. The van der Waals surface area contributed by atoms with Crippen molar-refractivity contribution in [2.45, 2.75) is 6.04 Å². The molecule has 1 heterocycles. The molecule has 0 spiro atoms. The van der Waals surface area contributed by atoms with E-state index in [-0.39, 0.29) is 0 Å². The lowest BCUT2D eigenvalue weighted by Gasteiger charge is -2.20. The topological polar surface area (TPSA) is 78.6 Å². The zero-order chi connectivity index (χ0) is 22.5. The molecule has 0 saturated heterocycles. The maximum atomic E-state index is 6.10. The van der Waals surface area contributed by atoms with E-state index in [9.17, 15) is 0 Å². The lowest BCUT2D eigenvalue weighted by Crippen LogP contribution is -2.13. The van der Waals surface area contributed by atoms with Crippen molar-refractivity contribution in [1.29, 1.82) is 0 Å². The summed E-state index contributed by atoms with van der Waals surface area (Å²) in [4.78, 5) is 0. The van der Waals surface area contributed by atoms with Crippen molar-refractivity contribution in [2.24, 2.45) is 0 Å². The molecule has 0 radical (unpaired) electrons. The summed E-state index contributed by atoms with van der Waals surface area (Å²) in [5.74, 6) is 2.40. The zero-order valence-corrected chi connectivity index (χ0v) is 18.6. The van der Waals surface area contributed by atoms with Gasteiger partial charge in [-0.15, -0.1) is 10.2 Å². The molecule has 0 fully saturated rings. The minimum atomic E-state index is -0.444. The van der Waals surface area contributed by atoms with Crippen molar-refractivity contribution in [3.63, 3.8) is 0 Å². The molecule has 0 aliphatic heterocycles. The Morgan fingerprint density at radius 1 is 0.844 bits per heavy atom. The van der Waals surface area contributed by atoms with Gasteiger partial charge in [-0.05, 0) is 29.8 Å². The summed E-state index contributed by atoms with van der Waals surface area (Å²) in [6, 6.07) is 20.2. The number of hydrogen-bond donors (Lipinski definition) is 1. The Morgan fingerprint density at radius 3 is 2.09 bits per heavy atom. The third kappa shape index (κ3) is 4.48. The molecule has 4 rings (SSSR count). The standard InChI is InChI=1S/C24H22ClN3O4/c1-29-19-13-18(14-20(30-2)22(19)31-3)26-21(15-9-11-17(25)12-10-15)24-28-27-23(32-24)16-7-5-4-6-8-16/h4-14,21,26H,1-3H3. The van der Waals surface area contributed by atoms with Crippen LogP contribution in [-0.2, 0) is 0 Å². The van der Waals surface area contributed by atoms with E-state index in [4.69, 9.17) is 30.2 Å². The maximum Gasteiger partial charge on any atom is 0.247 e. The number of nitrogens with zero attached hydrogens (tertiary/aromatic N) is 2. The van der Waals surface area contributed by atoms with Gasteiger partial charge >= 0.3 is 0 Å². The Morgan fingerprint density at radius 2 is 1.50 bits per heavy atom. The Labute approximate surface area is 190 Å². The predicted octanol–water partition coefficient (Wildman–Crippen LogP) is 5.62. The Hall–Kier alpha value is -3.71. The first-order valence-electron chi connectivity index (χ1n) is 9.83. The van der Waals surface area contributed by atoms with E-state index in [1.165, 1.54) is 0 Å². The van der Waals surface area contributed by atoms with Crippen LogP contribution >= 0.6 is 11.6 Å². The van der Waals surface area contributed by atoms with Gasteiger partial charge in [0.15, 0.2) is 11.5 Å². The molecule has 0 aliphatic carbocycles. The highest BCUT2D eigenvalue weighted by Gasteiger charge is 2.23. The number of rotatable bonds is 8. The van der Waals surface area contributed by atoms with Gasteiger partial charge in [0.1, 0.15) is 6.04 Å². The number of halogens is 1. The minimum Gasteiger partial charge on any atom is -0.493 e. The molecule has 8 heteroatoms. The van der Waals surface area contributed by atoms with Gasteiger partial charge < -0.3 is 23.9 Å². The molecule has 1 N–H and O–H groups in total. The van der Waals surface area contributed by atoms with Gasteiger partial charge in [-0.1, -0.05) is 41.9 Å². The molecule has 3 aromatic carbocycles. The first-order valence-corrected chi connectivity index (χ1v) is 10.2. The third-order valence-corrected chi connectivity index (χ3v) is 5.14. The van der Waals surface area contributed by atoms with Crippen LogP contribution in [-0.4, -0.2) is 31.5 Å². The van der Waals surface area contributed by atoms with E-state index in [0.29, 0.717) is 34.1 Å². The first-order chi connectivity index (χ1) is 15.6. The Balaban J connectivity index is 1.75. The summed E-state index contributed by atoms with van der Waals surface area (Å²) < 4.78 is 22.4. The van der Waals surface area contributed by atoms with E-state index < -0.39 is 6.04 Å². The highest BCUT2D eigenvalue weighted by atomic mass is 35.5. The fourth-order valence-electron chi connectivity index (χ4n) is 3.32. The maximum absolute atomic E-state index is 6.10. The largest absolute Gasteiger partial charge is 0.493 e. The van der Waals surface area contributed by atoms with E-state index >= 15 is 0 Å². The molecule has 1 aromatic heterocycles. The number of ether oxygens (including phenoxy) is 3. The molecule has 1 atom stereocenters. The molecule has 32 heavy (non-hydrogen) atoms. The quantitative estimate of drug-likeness (QED) is 0.372. The molecule has 0 amide bonds. The Bertz CT molecular complexity index is 1150. The third-order valence-electron chi connectivity index (χ3n) is 4.89. The fraction of sp³-hybridized carbons (Fsp3) is 0.167. The zero-order valence-electron chi connectivity index (χ0n) is 17.8. The fourth-order valence-corrected chi connectivity index (χ4v) is 3.45. The lowest BCUT2D eigenvalue weighted by atomic mass is 10.1. The van der Waals surface area contributed by atoms with Crippen molar-refractivity contribution in [3.05, 3.63) is 83.2 Å².